The SMILES string of the molecule is CCCC12P=P1=P2. The monoisotopic (exact) mass is 148 g/mol. The molecule has 0 amide bonds. The molecule has 0 aliphatic carbocycles. The normalized spacial score (nSPS) is 50.7. The number of rotatable bonds is 2. The number of fused-ring (bicyclic) bond motifs is 1. The summed E-state index contributed by atoms with van der Waals surface area (Å²) in [5.41, 5.74) is 0. The quantitative estimate of drug-likeness (QED) is 0.524. The molecule has 7 heavy (non-hydrogen) atoms. The Bertz CT molecular complexity index is 173. The zero-order valence-electron chi connectivity index (χ0n) is 4.26. The van der Waals surface area contributed by atoms with E-state index in [9.17, 15) is 0 Å². The van der Waals surface area contributed by atoms with Crippen molar-refractivity contribution in [2.45, 2.75) is 24.4 Å². The smallest absolute Gasteiger partial charge is 0.0653 e. The first-order valence-electron chi connectivity index (χ1n) is 2.63. The van der Waals surface area contributed by atoms with Crippen LogP contribution in [0, 0.1) is 0 Å². The van der Waals surface area contributed by atoms with Gasteiger partial charge in [0.15, 0.2) is 0 Å². The molecule has 2 aliphatic rings. The van der Waals surface area contributed by atoms with Crippen LogP contribution in [0.25, 0.3) is 0 Å². The maximum atomic E-state index is 2.30. The summed E-state index contributed by atoms with van der Waals surface area (Å²) in [5.74, 6) is 0. The lowest BCUT2D eigenvalue weighted by Gasteiger charge is -1.91. The molecular weight excluding hydrogens is 141 g/mol. The number of hydrogen-bond acceptors (Lipinski definition) is 0. The van der Waals surface area contributed by atoms with E-state index < -0.39 is 0 Å². The summed E-state index contributed by atoms with van der Waals surface area (Å²) in [5, 5.41) is 0. The highest BCUT2D eigenvalue weighted by molar-refractivity contribution is 8.45. The molecule has 0 aromatic heterocycles. The molecule has 0 atom stereocenters. The van der Waals surface area contributed by atoms with Crippen LogP contribution in [0.4, 0.5) is 0 Å². The first-order valence-corrected chi connectivity index (χ1v) is 7.17. The van der Waals surface area contributed by atoms with Gasteiger partial charge in [0.1, 0.15) is 4.64 Å². The molecule has 0 unspecified atom stereocenters. The van der Waals surface area contributed by atoms with Gasteiger partial charge >= 0.3 is 0 Å². The molecule has 3 heteroatoms. The minimum atomic E-state index is 0.651. The first kappa shape index (κ1) is 4.75. The van der Waals surface area contributed by atoms with Crippen LogP contribution in [0.15, 0.2) is 0 Å². The highest BCUT2D eigenvalue weighted by Gasteiger charge is 2.50. The largest absolute Gasteiger partial charge is 0.107 e. The van der Waals surface area contributed by atoms with E-state index in [0.29, 0.717) is 6.50 Å². The van der Waals surface area contributed by atoms with Crippen molar-refractivity contribution in [2.24, 2.45) is 0 Å². The molecule has 2 rings (SSSR count). The van der Waals surface area contributed by atoms with Crippen molar-refractivity contribution in [3.05, 3.63) is 0 Å². The second-order valence-corrected chi connectivity index (χ2v) is 10.9. The van der Waals surface area contributed by atoms with Gasteiger partial charge in [0, 0.05) is 0 Å². The second kappa shape index (κ2) is 1.24. The standard InChI is InChI=1S/C4H7P3/c1-2-3-4-5-7(4)6-4/h2-3H2,1H3. The maximum absolute atomic E-state index is 2.30. The van der Waals surface area contributed by atoms with E-state index >= 15 is 0 Å². The van der Waals surface area contributed by atoms with E-state index in [-0.39, 0.29) is 0 Å². The van der Waals surface area contributed by atoms with Crippen molar-refractivity contribution in [1.82, 2.24) is 0 Å². The van der Waals surface area contributed by atoms with E-state index in [2.05, 4.69) is 6.92 Å². The van der Waals surface area contributed by atoms with E-state index in [0.717, 1.165) is 4.64 Å². The predicted molar refractivity (Wildman–Crippen MR) is 38.4 cm³/mol. The Hall–Kier alpha value is 0.900. The Morgan fingerprint density at radius 2 is 2.14 bits per heavy atom. The third-order valence-electron chi connectivity index (χ3n) is 1.34. The van der Waals surface area contributed by atoms with Crippen LogP contribution < -0.4 is 0 Å². The molecule has 0 nitrogen and oxygen atoms in total. The van der Waals surface area contributed by atoms with Crippen LogP contribution in [-0.2, 0) is 0 Å². The van der Waals surface area contributed by atoms with Crippen LogP contribution in [0.2, 0.25) is 0 Å². The predicted octanol–water partition coefficient (Wildman–Crippen LogP) is 3.67. The van der Waals surface area contributed by atoms with Crippen LogP contribution in [0.3, 0.4) is 0 Å². The fraction of sp³-hybridized carbons (Fsp3) is 1.00. The van der Waals surface area contributed by atoms with Gasteiger partial charge < -0.3 is 0 Å². The molecule has 0 saturated carbocycles. The first-order chi connectivity index (χ1) is 3.37. The molecule has 0 saturated heterocycles. The Kier molecular flexibility index (Phi) is 0.843. The Morgan fingerprint density at radius 1 is 1.57 bits per heavy atom. The van der Waals surface area contributed by atoms with Crippen molar-refractivity contribution in [1.29, 1.82) is 0 Å². The van der Waals surface area contributed by atoms with Gasteiger partial charge in [-0.15, -0.1) is 0 Å². The van der Waals surface area contributed by atoms with Gasteiger partial charge in [0.05, 0.1) is 0 Å². The minimum absolute atomic E-state index is 0.651. The summed E-state index contributed by atoms with van der Waals surface area (Å²) < 4.78 is 0.976. The average Bonchev–Trinajstić information content (AvgIpc) is 2.22. The molecule has 38 valence electrons. The van der Waals surface area contributed by atoms with Gasteiger partial charge in [-0.2, -0.15) is 0 Å². The molecule has 0 fully saturated rings. The Balaban J connectivity index is 1.96. The molecule has 0 N–H and O–H groups in total. The van der Waals surface area contributed by atoms with Crippen molar-refractivity contribution in [3.8, 4) is 0 Å². The summed E-state index contributed by atoms with van der Waals surface area (Å²) in [7, 11) is 3.68. The topological polar surface area (TPSA) is 0 Å². The minimum Gasteiger partial charge on any atom is -0.0653 e. The molecular formula is C4H7P3. The highest BCUT2D eigenvalue weighted by atomic mass is 32.1. The molecule has 0 radical (unpaired) electrons. The van der Waals surface area contributed by atoms with Gasteiger partial charge in [-0.3, -0.25) is 0 Å². The Labute approximate surface area is 47.3 Å². The lowest BCUT2D eigenvalue weighted by molar-refractivity contribution is 0.854. The van der Waals surface area contributed by atoms with E-state index in [4.69, 9.17) is 0 Å². The molecule has 2 heterocycles. The van der Waals surface area contributed by atoms with Crippen LogP contribution in [-0.4, -0.2) is 4.64 Å². The average molecular weight is 148 g/mol. The zero-order valence-corrected chi connectivity index (χ0v) is 6.94. The van der Waals surface area contributed by atoms with Gasteiger partial charge in [-0.25, -0.2) is 0 Å². The van der Waals surface area contributed by atoms with Crippen molar-refractivity contribution < 1.29 is 0 Å². The highest BCUT2D eigenvalue weighted by Crippen LogP contribution is 2.94. The Morgan fingerprint density at radius 3 is 2.29 bits per heavy atom. The summed E-state index contributed by atoms with van der Waals surface area (Å²) in [6, 6.07) is 0. The molecule has 0 spiro atoms. The van der Waals surface area contributed by atoms with E-state index in [1.165, 1.54) is 12.8 Å². The lowest BCUT2D eigenvalue weighted by atomic mass is 10.4. The zero-order chi connectivity index (χ0) is 4.91. The third kappa shape index (κ3) is 0.580. The summed E-state index contributed by atoms with van der Waals surface area (Å²) in [4.78, 5) is 0. The fourth-order valence-electron chi connectivity index (χ4n) is 0.799. The van der Waals surface area contributed by atoms with Crippen LogP contribution >= 0.6 is 22.2 Å². The van der Waals surface area contributed by atoms with Gasteiger partial charge in [0.2, 0.25) is 0 Å². The van der Waals surface area contributed by atoms with Gasteiger partial charge in [-0.1, -0.05) is 13.3 Å². The maximum Gasteiger partial charge on any atom is 0.107 e. The fourth-order valence-corrected chi connectivity index (χ4v) is 10.8. The van der Waals surface area contributed by atoms with Crippen molar-refractivity contribution >= 4 is 22.2 Å². The van der Waals surface area contributed by atoms with Gasteiger partial charge in [0.25, 0.3) is 0 Å². The second-order valence-electron chi connectivity index (χ2n) is 2.01. The van der Waals surface area contributed by atoms with Gasteiger partial charge in [-0.05, 0) is 28.7 Å². The van der Waals surface area contributed by atoms with Crippen LogP contribution in [0.5, 0.6) is 0 Å². The van der Waals surface area contributed by atoms with Crippen molar-refractivity contribution in [3.63, 3.8) is 0 Å². The van der Waals surface area contributed by atoms with Crippen molar-refractivity contribution in [2.75, 3.05) is 0 Å². The van der Waals surface area contributed by atoms with Crippen LogP contribution in [0.1, 0.15) is 19.8 Å². The van der Waals surface area contributed by atoms with E-state index in [1.54, 1.807) is 0 Å². The number of hydrogen-bond donors (Lipinski definition) is 0. The molecule has 0 aromatic carbocycles. The summed E-state index contributed by atoms with van der Waals surface area (Å²) in [6.45, 7) is 2.95. The molecule has 0 aromatic rings. The molecule has 0 bridgehead atoms. The summed E-state index contributed by atoms with van der Waals surface area (Å²) >= 11 is 0. The van der Waals surface area contributed by atoms with E-state index in [1.807, 2.05) is 15.7 Å². The molecule has 2 aliphatic heterocycles. The lowest BCUT2D eigenvalue weighted by Crippen LogP contribution is -1.82. The summed E-state index contributed by atoms with van der Waals surface area (Å²) in [6.07, 6.45) is 2.95. The third-order valence-corrected chi connectivity index (χ3v) is 12.8.